The van der Waals surface area contributed by atoms with Gasteiger partial charge in [-0.15, -0.1) is 6.42 Å². The van der Waals surface area contributed by atoms with Crippen LogP contribution in [-0.2, 0) is 32.6 Å². The van der Waals surface area contributed by atoms with Crippen molar-refractivity contribution in [3.63, 3.8) is 0 Å². The van der Waals surface area contributed by atoms with E-state index in [1.54, 1.807) is 0 Å². The van der Waals surface area contributed by atoms with E-state index in [4.69, 9.17) is 0 Å². The van der Waals surface area contributed by atoms with Gasteiger partial charge in [-0.1, -0.05) is 44.2 Å². The minimum atomic E-state index is 0. The molecule has 0 spiro atoms. The maximum absolute atomic E-state index is 3.31. The predicted octanol–water partition coefficient (Wildman–Crippen LogP) is 6.96. The van der Waals surface area contributed by atoms with Crippen molar-refractivity contribution >= 4 is 0 Å². The summed E-state index contributed by atoms with van der Waals surface area (Å²) in [6.45, 7) is 4.10. The van der Waals surface area contributed by atoms with Gasteiger partial charge in [-0.25, -0.2) is 11.6 Å². The molecule has 0 nitrogen and oxygen atoms in total. The van der Waals surface area contributed by atoms with Gasteiger partial charge < -0.3 is 7.43 Å². The summed E-state index contributed by atoms with van der Waals surface area (Å²) in [5.41, 5.74) is 5.22. The molecule has 0 bridgehead atoms. The van der Waals surface area contributed by atoms with Crippen LogP contribution in [0, 0.1) is 39.5 Å². The van der Waals surface area contributed by atoms with Crippen molar-refractivity contribution in [1.82, 2.24) is 0 Å². The molecule has 3 aromatic rings. The van der Waals surface area contributed by atoms with E-state index in [0.29, 0.717) is 0 Å². The van der Waals surface area contributed by atoms with E-state index in [1.807, 2.05) is 42.5 Å². The van der Waals surface area contributed by atoms with Crippen LogP contribution >= 0.6 is 0 Å². The zero-order valence-electron chi connectivity index (χ0n) is 17.1. The van der Waals surface area contributed by atoms with Gasteiger partial charge in [-0.2, -0.15) is 77.9 Å². The Kier molecular flexibility index (Phi) is 14.9. The van der Waals surface area contributed by atoms with Crippen molar-refractivity contribution in [2.75, 3.05) is 0 Å². The molecule has 1 aliphatic carbocycles. The van der Waals surface area contributed by atoms with Crippen LogP contribution in [0.15, 0.2) is 96.6 Å². The smallest absolute Gasteiger partial charge is 0.358 e. The molecule has 0 saturated heterocycles. The summed E-state index contributed by atoms with van der Waals surface area (Å²) in [6.07, 6.45) is 9.63. The van der Waals surface area contributed by atoms with Gasteiger partial charge in [0.2, 0.25) is 0 Å². The Morgan fingerprint density at radius 1 is 0.786 bits per heavy atom. The molecule has 0 radical (unpaired) electrons. The van der Waals surface area contributed by atoms with E-state index >= 15 is 0 Å². The first kappa shape index (κ1) is 26.0. The van der Waals surface area contributed by atoms with Gasteiger partial charge in [0, 0.05) is 0 Å². The summed E-state index contributed by atoms with van der Waals surface area (Å²) in [7, 11) is 0. The van der Waals surface area contributed by atoms with Crippen LogP contribution in [0.2, 0.25) is 0 Å². The number of hydrogen-bond acceptors (Lipinski definition) is 0. The molecule has 1 aliphatic rings. The van der Waals surface area contributed by atoms with Crippen molar-refractivity contribution in [3.05, 3.63) is 139 Å². The standard InChI is InChI=1S/C12H11.2C7H7.CH3.Zr/c1-2-6-11(7-3-1)10-12-8-4-5-9-12;2*1-7-5-3-2-4-6-7;;/h1-4,6-8H,5,10H2;2*2-3,5-6H,1H3;1H3;/q4*-1;+4. The zero-order chi connectivity index (χ0) is 18.5. The third-order valence-corrected chi connectivity index (χ3v) is 3.73. The Balaban J connectivity index is 0.000000399. The van der Waals surface area contributed by atoms with Gasteiger partial charge in [0.1, 0.15) is 0 Å². The summed E-state index contributed by atoms with van der Waals surface area (Å²) < 4.78 is 0. The number of hydrogen-bond donors (Lipinski definition) is 0. The average molecular weight is 444 g/mol. The number of aryl methyl sites for hydroxylation is 2. The van der Waals surface area contributed by atoms with E-state index in [2.05, 4.69) is 80.6 Å². The molecule has 0 amide bonds. The van der Waals surface area contributed by atoms with Gasteiger partial charge in [0.25, 0.3) is 0 Å². The Hall–Kier alpha value is -1.98. The number of allylic oxidation sites excluding steroid dienone is 4. The molecule has 0 aromatic heterocycles. The Morgan fingerprint density at radius 3 is 1.71 bits per heavy atom. The van der Waals surface area contributed by atoms with Crippen LogP contribution in [0.5, 0.6) is 0 Å². The van der Waals surface area contributed by atoms with Crippen LogP contribution in [-0.4, -0.2) is 0 Å². The van der Waals surface area contributed by atoms with Crippen LogP contribution < -0.4 is 0 Å². The molecule has 0 saturated carbocycles. The SMILES string of the molecule is Cc1c[c-]ccc1.Cc1c[c-]ccc1.[C-]1=C(Cc2ccccc2)C=CC1.[CH3-].[Zr+4]. The number of rotatable bonds is 2. The van der Waals surface area contributed by atoms with E-state index in [9.17, 15) is 0 Å². The second-order valence-electron chi connectivity index (χ2n) is 6.13. The Morgan fingerprint density at radius 2 is 1.36 bits per heavy atom. The third kappa shape index (κ3) is 11.7. The minimum absolute atomic E-state index is 0. The number of benzene rings is 3. The monoisotopic (exact) mass is 442 g/mol. The summed E-state index contributed by atoms with van der Waals surface area (Å²) in [4.78, 5) is 0. The van der Waals surface area contributed by atoms with E-state index in [1.165, 1.54) is 22.3 Å². The molecule has 4 rings (SSSR count). The van der Waals surface area contributed by atoms with Gasteiger partial charge in [0.05, 0.1) is 0 Å². The van der Waals surface area contributed by atoms with Gasteiger partial charge in [-0.05, 0) is 12.0 Å². The molecule has 0 aliphatic heterocycles. The zero-order valence-corrected chi connectivity index (χ0v) is 19.5. The minimum Gasteiger partial charge on any atom is -0.358 e. The Bertz CT molecular complexity index is 750. The fraction of sp³-hybridized carbons (Fsp3) is 0.148. The fourth-order valence-electron chi connectivity index (χ4n) is 2.35. The normalized spacial score (nSPS) is 10.7. The maximum Gasteiger partial charge on any atom is 4.00 e. The first-order valence-corrected chi connectivity index (χ1v) is 8.89. The van der Waals surface area contributed by atoms with Crippen LogP contribution in [0.3, 0.4) is 0 Å². The average Bonchev–Trinajstić information content (AvgIpc) is 3.18. The van der Waals surface area contributed by atoms with Crippen molar-refractivity contribution in [1.29, 1.82) is 0 Å². The third-order valence-electron chi connectivity index (χ3n) is 3.73. The Labute approximate surface area is 191 Å². The van der Waals surface area contributed by atoms with Crippen molar-refractivity contribution in [3.8, 4) is 0 Å². The summed E-state index contributed by atoms with van der Waals surface area (Å²) in [6, 6.07) is 32.2. The van der Waals surface area contributed by atoms with Gasteiger partial charge in [0.15, 0.2) is 0 Å². The molecule has 0 heterocycles. The quantitative estimate of drug-likeness (QED) is 0.376. The molecular weight excluding hydrogens is 416 g/mol. The molecule has 28 heavy (non-hydrogen) atoms. The van der Waals surface area contributed by atoms with Crippen molar-refractivity contribution in [2.45, 2.75) is 26.7 Å². The van der Waals surface area contributed by atoms with Crippen molar-refractivity contribution in [2.24, 2.45) is 0 Å². The summed E-state index contributed by atoms with van der Waals surface area (Å²) in [5, 5.41) is 0. The first-order chi connectivity index (χ1) is 12.7. The molecule has 0 fully saturated rings. The summed E-state index contributed by atoms with van der Waals surface area (Å²) in [5.74, 6) is 0. The molecular formula is C27H28Zr. The second-order valence-corrected chi connectivity index (χ2v) is 6.13. The maximum atomic E-state index is 3.31. The second kappa shape index (κ2) is 16.0. The van der Waals surface area contributed by atoms with Crippen LogP contribution in [0.25, 0.3) is 0 Å². The first-order valence-electron chi connectivity index (χ1n) is 8.89. The molecule has 140 valence electrons. The molecule has 0 atom stereocenters. The van der Waals surface area contributed by atoms with E-state index in [-0.39, 0.29) is 33.6 Å². The molecule has 0 N–H and O–H groups in total. The summed E-state index contributed by atoms with van der Waals surface area (Å²) >= 11 is 0. The van der Waals surface area contributed by atoms with Crippen LogP contribution in [0.4, 0.5) is 0 Å². The molecule has 3 aromatic carbocycles. The molecule has 0 unspecified atom stereocenters. The van der Waals surface area contributed by atoms with E-state index in [0.717, 1.165) is 12.8 Å². The molecule has 1 heteroatoms. The predicted molar refractivity (Wildman–Crippen MR) is 117 cm³/mol. The fourth-order valence-corrected chi connectivity index (χ4v) is 2.35. The van der Waals surface area contributed by atoms with Gasteiger partial charge >= 0.3 is 26.2 Å². The van der Waals surface area contributed by atoms with E-state index < -0.39 is 0 Å². The van der Waals surface area contributed by atoms with Gasteiger partial charge in [-0.3, -0.25) is 6.08 Å². The largest absolute Gasteiger partial charge is 4.00 e. The topological polar surface area (TPSA) is 0 Å². The van der Waals surface area contributed by atoms with Crippen molar-refractivity contribution < 1.29 is 26.2 Å². The van der Waals surface area contributed by atoms with Crippen LogP contribution in [0.1, 0.15) is 23.1 Å².